The fraction of sp³-hybridized carbons (Fsp3) is 0.533. The van der Waals surface area contributed by atoms with Gasteiger partial charge in [0.1, 0.15) is 11.5 Å². The Morgan fingerprint density at radius 3 is 2.53 bits per heavy atom. The van der Waals surface area contributed by atoms with Gasteiger partial charge in [0.15, 0.2) is 6.29 Å². The summed E-state index contributed by atoms with van der Waals surface area (Å²) in [4.78, 5) is 13.3. The number of phenols is 1. The largest absolute Gasteiger partial charge is 0.507 e. The molecule has 1 aromatic carbocycles. The fourth-order valence-corrected chi connectivity index (χ4v) is 2.40. The first-order valence-electron chi connectivity index (χ1n) is 6.85. The van der Waals surface area contributed by atoms with Crippen molar-refractivity contribution in [1.29, 1.82) is 0 Å². The average Bonchev–Trinajstić information content (AvgIpc) is 2.38. The molecule has 4 heteroatoms. The number of aromatic hydroxyl groups is 1. The van der Waals surface area contributed by atoms with Gasteiger partial charge in [0, 0.05) is 30.9 Å². The van der Waals surface area contributed by atoms with E-state index in [9.17, 15) is 9.90 Å². The summed E-state index contributed by atoms with van der Waals surface area (Å²) in [7, 11) is 0. The van der Waals surface area contributed by atoms with E-state index in [0.29, 0.717) is 12.0 Å². The van der Waals surface area contributed by atoms with Crippen LogP contribution in [0.15, 0.2) is 12.1 Å². The van der Waals surface area contributed by atoms with E-state index < -0.39 is 0 Å². The molecule has 19 heavy (non-hydrogen) atoms. The minimum absolute atomic E-state index is 0.00581. The lowest BCUT2D eigenvalue weighted by Crippen LogP contribution is -2.29. The summed E-state index contributed by atoms with van der Waals surface area (Å²) in [6.07, 6.45) is 4.19. The third-order valence-corrected chi connectivity index (χ3v) is 3.31. The van der Waals surface area contributed by atoms with Crippen molar-refractivity contribution in [3.05, 3.63) is 17.7 Å². The Hall–Kier alpha value is -1.71. The Morgan fingerprint density at radius 2 is 1.95 bits per heavy atom. The Kier molecular flexibility index (Phi) is 4.30. The predicted molar refractivity (Wildman–Crippen MR) is 75.3 cm³/mol. The van der Waals surface area contributed by atoms with Crippen LogP contribution in [0.3, 0.4) is 0 Å². The highest BCUT2D eigenvalue weighted by molar-refractivity contribution is 5.85. The van der Waals surface area contributed by atoms with E-state index >= 15 is 0 Å². The second kappa shape index (κ2) is 5.95. The molecule has 0 radical (unpaired) electrons. The van der Waals surface area contributed by atoms with Gasteiger partial charge in [0.05, 0.1) is 11.7 Å². The van der Waals surface area contributed by atoms with E-state index in [4.69, 9.17) is 4.74 Å². The monoisotopic (exact) mass is 263 g/mol. The van der Waals surface area contributed by atoms with Gasteiger partial charge < -0.3 is 14.7 Å². The van der Waals surface area contributed by atoms with Crippen molar-refractivity contribution >= 4 is 12.0 Å². The normalized spacial score (nSPS) is 15.6. The highest BCUT2D eigenvalue weighted by Gasteiger charge is 2.17. The van der Waals surface area contributed by atoms with E-state index in [-0.39, 0.29) is 17.4 Å². The summed E-state index contributed by atoms with van der Waals surface area (Å²) in [5.41, 5.74) is 1.16. The maximum Gasteiger partial charge on any atom is 0.157 e. The molecule has 0 saturated carbocycles. The van der Waals surface area contributed by atoms with E-state index in [2.05, 4.69) is 4.90 Å². The van der Waals surface area contributed by atoms with Gasteiger partial charge in [-0.05, 0) is 33.1 Å². The summed E-state index contributed by atoms with van der Waals surface area (Å²) < 4.78 is 5.63. The molecule has 2 rings (SSSR count). The molecule has 104 valence electrons. The van der Waals surface area contributed by atoms with Crippen molar-refractivity contribution in [2.24, 2.45) is 0 Å². The molecule has 1 heterocycles. The molecule has 0 atom stereocenters. The van der Waals surface area contributed by atoms with Gasteiger partial charge in [-0.1, -0.05) is 0 Å². The lowest BCUT2D eigenvalue weighted by Gasteiger charge is -2.29. The summed E-state index contributed by atoms with van der Waals surface area (Å²) in [5, 5.41) is 9.98. The van der Waals surface area contributed by atoms with Gasteiger partial charge in [-0.15, -0.1) is 0 Å². The number of hydrogen-bond acceptors (Lipinski definition) is 4. The van der Waals surface area contributed by atoms with Crippen molar-refractivity contribution in [2.45, 2.75) is 39.2 Å². The molecule has 1 fully saturated rings. The number of rotatable bonds is 4. The minimum Gasteiger partial charge on any atom is -0.507 e. The van der Waals surface area contributed by atoms with Crippen LogP contribution >= 0.6 is 0 Å². The van der Waals surface area contributed by atoms with Gasteiger partial charge in [0.2, 0.25) is 0 Å². The SMILES string of the molecule is CC(C)Oc1cc(N2CCCCC2)cc(O)c1C=O. The first kappa shape index (κ1) is 13.7. The Morgan fingerprint density at radius 1 is 1.26 bits per heavy atom. The number of carbonyl (C=O) groups is 1. The van der Waals surface area contributed by atoms with Crippen LogP contribution < -0.4 is 9.64 Å². The van der Waals surface area contributed by atoms with Crippen LogP contribution in [0.4, 0.5) is 5.69 Å². The summed E-state index contributed by atoms with van der Waals surface area (Å²) >= 11 is 0. The number of carbonyl (C=O) groups excluding carboxylic acids is 1. The molecule has 4 nitrogen and oxygen atoms in total. The summed E-state index contributed by atoms with van der Waals surface area (Å²) in [6.45, 7) is 5.78. The molecule has 1 N–H and O–H groups in total. The highest BCUT2D eigenvalue weighted by atomic mass is 16.5. The minimum atomic E-state index is -0.0327. The molecule has 1 aromatic rings. The quantitative estimate of drug-likeness (QED) is 0.848. The Bertz CT molecular complexity index is 451. The lowest BCUT2D eigenvalue weighted by atomic mass is 10.1. The van der Waals surface area contributed by atoms with Crippen molar-refractivity contribution in [3.63, 3.8) is 0 Å². The molecule has 0 amide bonds. The number of aldehydes is 1. The summed E-state index contributed by atoms with van der Waals surface area (Å²) in [6, 6.07) is 3.51. The lowest BCUT2D eigenvalue weighted by molar-refractivity contribution is 0.111. The number of piperidine rings is 1. The van der Waals surface area contributed by atoms with Crippen LogP contribution in [-0.4, -0.2) is 30.6 Å². The van der Waals surface area contributed by atoms with E-state index in [0.717, 1.165) is 31.6 Å². The third kappa shape index (κ3) is 3.19. The maximum atomic E-state index is 11.1. The van der Waals surface area contributed by atoms with Crippen LogP contribution in [0.5, 0.6) is 11.5 Å². The molecular formula is C15H21NO3. The Balaban J connectivity index is 2.34. The van der Waals surface area contributed by atoms with E-state index in [1.54, 1.807) is 6.07 Å². The van der Waals surface area contributed by atoms with Crippen molar-refractivity contribution in [1.82, 2.24) is 0 Å². The number of benzene rings is 1. The second-order valence-corrected chi connectivity index (χ2v) is 5.21. The number of anilines is 1. The molecule has 0 spiro atoms. The van der Waals surface area contributed by atoms with E-state index in [1.807, 2.05) is 19.9 Å². The van der Waals surface area contributed by atoms with Gasteiger partial charge in [0.25, 0.3) is 0 Å². The zero-order chi connectivity index (χ0) is 13.8. The van der Waals surface area contributed by atoms with Crippen LogP contribution in [0.2, 0.25) is 0 Å². The maximum absolute atomic E-state index is 11.1. The summed E-state index contributed by atoms with van der Waals surface area (Å²) in [5.74, 6) is 0.458. The standard InChI is InChI=1S/C15H21NO3/c1-11(2)19-15-9-12(8-14(18)13(15)10-17)16-6-4-3-5-7-16/h8-11,18H,3-7H2,1-2H3. The van der Waals surface area contributed by atoms with E-state index in [1.165, 1.54) is 6.42 Å². The zero-order valence-corrected chi connectivity index (χ0v) is 11.6. The number of ether oxygens (including phenoxy) is 1. The number of hydrogen-bond donors (Lipinski definition) is 1. The van der Waals surface area contributed by atoms with Gasteiger partial charge in [-0.25, -0.2) is 0 Å². The third-order valence-electron chi connectivity index (χ3n) is 3.31. The molecule has 0 aromatic heterocycles. The van der Waals surface area contributed by atoms with Crippen molar-refractivity contribution < 1.29 is 14.6 Å². The van der Waals surface area contributed by atoms with Crippen LogP contribution in [-0.2, 0) is 0 Å². The van der Waals surface area contributed by atoms with Crippen LogP contribution in [0.1, 0.15) is 43.5 Å². The molecule has 0 bridgehead atoms. The molecule has 0 unspecified atom stereocenters. The van der Waals surface area contributed by atoms with Crippen LogP contribution in [0.25, 0.3) is 0 Å². The number of nitrogens with zero attached hydrogens (tertiary/aromatic N) is 1. The zero-order valence-electron chi connectivity index (χ0n) is 11.6. The Labute approximate surface area is 114 Å². The highest BCUT2D eigenvalue weighted by Crippen LogP contribution is 2.34. The second-order valence-electron chi connectivity index (χ2n) is 5.21. The molecule has 1 aliphatic rings. The first-order valence-corrected chi connectivity index (χ1v) is 6.85. The van der Waals surface area contributed by atoms with Crippen LogP contribution in [0, 0.1) is 0 Å². The topological polar surface area (TPSA) is 49.8 Å². The van der Waals surface area contributed by atoms with Gasteiger partial charge >= 0.3 is 0 Å². The number of phenolic OH excluding ortho intramolecular Hbond substituents is 1. The van der Waals surface area contributed by atoms with Crippen molar-refractivity contribution in [2.75, 3.05) is 18.0 Å². The molecular weight excluding hydrogens is 242 g/mol. The smallest absolute Gasteiger partial charge is 0.157 e. The van der Waals surface area contributed by atoms with Gasteiger partial charge in [-0.2, -0.15) is 0 Å². The predicted octanol–water partition coefficient (Wildman–Crippen LogP) is 2.98. The molecule has 1 aliphatic heterocycles. The van der Waals surface area contributed by atoms with Crippen molar-refractivity contribution in [3.8, 4) is 11.5 Å². The molecule has 1 saturated heterocycles. The average molecular weight is 263 g/mol. The fourth-order valence-electron chi connectivity index (χ4n) is 2.40. The first-order chi connectivity index (χ1) is 9.11. The molecule has 0 aliphatic carbocycles. The van der Waals surface area contributed by atoms with Gasteiger partial charge in [-0.3, -0.25) is 4.79 Å².